The van der Waals surface area contributed by atoms with E-state index in [-0.39, 0.29) is 58.7 Å². The van der Waals surface area contributed by atoms with Crippen molar-refractivity contribution >= 4 is 77.4 Å². The van der Waals surface area contributed by atoms with Gasteiger partial charge in [0, 0.05) is 101 Å². The van der Waals surface area contributed by atoms with Crippen LogP contribution in [0.4, 0.5) is 23.0 Å². The zero-order valence-electron chi connectivity index (χ0n) is 40.3. The number of hydrogen-bond acceptors (Lipinski definition) is 15. The lowest BCUT2D eigenvalue weighted by Gasteiger charge is -2.35. The molecule has 3 aromatic carbocycles. The third kappa shape index (κ3) is 12.5. The number of fused-ring (bicyclic) bond motifs is 1. The van der Waals surface area contributed by atoms with Gasteiger partial charge in [-0.3, -0.25) is 19.3 Å². The highest BCUT2D eigenvalue weighted by atomic mass is 35.5. The predicted octanol–water partition coefficient (Wildman–Crippen LogP) is 6.60. The average molecular weight is 1040 g/mol. The highest BCUT2D eigenvalue weighted by molar-refractivity contribution is 7.92. The zero-order chi connectivity index (χ0) is 50.4. The monoisotopic (exact) mass is 1040 g/mol. The molecule has 9 rings (SSSR count). The molecule has 0 radical (unpaired) electrons. The van der Waals surface area contributed by atoms with E-state index in [0.717, 1.165) is 35.2 Å². The van der Waals surface area contributed by atoms with Gasteiger partial charge in [0.05, 0.1) is 52.2 Å². The molecule has 2 saturated heterocycles. The van der Waals surface area contributed by atoms with Crippen molar-refractivity contribution in [2.45, 2.75) is 63.3 Å². The first kappa shape index (κ1) is 50.6. The second kappa shape index (κ2) is 22.2. The minimum Gasteiger partial charge on any atom is -0.381 e. The Hall–Kier alpha value is -6.32. The van der Waals surface area contributed by atoms with E-state index in [1.54, 1.807) is 48.0 Å². The molecule has 1 amide bonds. The lowest BCUT2D eigenvalue weighted by molar-refractivity contribution is -0.132. The quantitative estimate of drug-likeness (QED) is 0.0469. The van der Waals surface area contributed by atoms with Crippen LogP contribution in [0.25, 0.3) is 22.2 Å². The molecule has 5 heterocycles. The van der Waals surface area contributed by atoms with Gasteiger partial charge in [0.2, 0.25) is 15.9 Å². The average Bonchev–Trinajstić information content (AvgIpc) is 4.22. The van der Waals surface area contributed by atoms with Crippen molar-refractivity contribution in [3.8, 4) is 11.1 Å². The van der Waals surface area contributed by atoms with Gasteiger partial charge in [0.25, 0.3) is 10.0 Å². The molecule has 0 atom stereocenters. The number of benzene rings is 3. The number of hydrogen-bond donors (Lipinski definition) is 2. The molecule has 72 heavy (non-hydrogen) atoms. The molecule has 1 saturated carbocycles. The first-order chi connectivity index (χ1) is 34.7. The number of carbonyl (C=O) groups is 2. The molecular weight excluding hydrogens is 978 g/mol. The lowest BCUT2D eigenvalue weighted by Crippen LogP contribution is -2.49. The van der Waals surface area contributed by atoms with E-state index in [4.69, 9.17) is 26.3 Å². The number of nitrogens with zero attached hydrogens (tertiary/aromatic N) is 9. The third-order valence-electron chi connectivity index (χ3n) is 13.1. The van der Waals surface area contributed by atoms with Gasteiger partial charge in [0.15, 0.2) is 10.9 Å². The molecular formula is C51H58ClN11O7S2. The number of halogens is 1. The number of sulfonamides is 2. The number of aromatic nitrogens is 5. The third-order valence-corrected chi connectivity index (χ3v) is 16.7. The predicted molar refractivity (Wildman–Crippen MR) is 279 cm³/mol. The lowest BCUT2D eigenvalue weighted by atomic mass is 10.1. The number of ether oxygens (including phenoxy) is 1. The maximum absolute atomic E-state index is 13.4. The van der Waals surface area contributed by atoms with Gasteiger partial charge in [-0.2, -0.15) is 4.31 Å². The van der Waals surface area contributed by atoms with Crippen molar-refractivity contribution in [1.29, 1.82) is 0 Å². The fraction of sp³-hybridized carbons (Fsp3) is 0.392. The fourth-order valence-corrected chi connectivity index (χ4v) is 11.0. The zero-order valence-corrected chi connectivity index (χ0v) is 42.7. The van der Waals surface area contributed by atoms with Crippen LogP contribution in [-0.2, 0) is 36.0 Å². The Balaban J connectivity index is 0.711. The summed E-state index contributed by atoms with van der Waals surface area (Å²) in [6, 6.07) is 22.2. The summed E-state index contributed by atoms with van der Waals surface area (Å²) in [5, 5.41) is 3.45. The van der Waals surface area contributed by atoms with Crippen LogP contribution in [0.2, 0.25) is 5.15 Å². The van der Waals surface area contributed by atoms with E-state index in [9.17, 15) is 26.4 Å². The summed E-state index contributed by atoms with van der Waals surface area (Å²) in [6.07, 6.45) is 8.46. The molecule has 0 unspecified atom stereocenters. The molecule has 3 aromatic heterocycles. The van der Waals surface area contributed by atoms with Crippen molar-refractivity contribution in [3.63, 3.8) is 0 Å². The fourth-order valence-electron chi connectivity index (χ4n) is 8.66. The van der Waals surface area contributed by atoms with Crippen LogP contribution in [0.3, 0.4) is 0 Å². The summed E-state index contributed by atoms with van der Waals surface area (Å²) in [4.78, 5) is 56.0. The minimum absolute atomic E-state index is 0.00132. The van der Waals surface area contributed by atoms with Gasteiger partial charge in [-0.25, -0.2) is 36.8 Å². The van der Waals surface area contributed by atoms with Crippen LogP contribution in [0.15, 0.2) is 96.3 Å². The summed E-state index contributed by atoms with van der Waals surface area (Å²) in [6.45, 7) is 8.56. The second-order valence-corrected chi connectivity index (χ2v) is 22.6. The van der Waals surface area contributed by atoms with E-state index in [1.807, 2.05) is 54.3 Å². The number of Topliss-reactive ketones (excluding diaryl/α,β-unsaturated/α-hetero) is 1. The topological polar surface area (TPSA) is 213 Å². The van der Waals surface area contributed by atoms with Gasteiger partial charge in [-0.05, 0) is 86.7 Å². The molecule has 6 aromatic rings. The van der Waals surface area contributed by atoms with Crippen LogP contribution in [0.5, 0.6) is 0 Å². The molecule has 1 aliphatic carbocycles. The minimum atomic E-state index is -3.90. The standard InChI is InChI=1S/C51H58ClN11O7S2/c1-3-71(66,67)63-25-23-60(24-26-63)40-13-8-36(9-14-40)29-47-54-33-42(51(58-47)56-39-11-12-39)46(64)5-4-27-70-28-18-49(65)62-21-19-61(20-22-62)48-34-53-43-17-10-37(30-44(43)57-48)38-31-45(50(52)55-32-38)59-72(68,69)41-15-6-35(2)7-16-41/h6-10,13-17,30-34,39,59H,3-5,11-12,18-29H2,1-2H3,(H,54,56,58). The Bertz CT molecular complexity index is 3150. The Morgan fingerprint density at radius 3 is 2.21 bits per heavy atom. The van der Waals surface area contributed by atoms with Crippen molar-refractivity contribution in [2.75, 3.05) is 91.2 Å². The highest BCUT2D eigenvalue weighted by Crippen LogP contribution is 2.31. The molecule has 2 N–H and O–H groups in total. The molecule has 2 aliphatic heterocycles. The summed E-state index contributed by atoms with van der Waals surface area (Å²) < 4.78 is 60.7. The van der Waals surface area contributed by atoms with Crippen LogP contribution in [0, 0.1) is 6.92 Å². The Labute approximate surface area is 425 Å². The van der Waals surface area contributed by atoms with Gasteiger partial charge in [-0.1, -0.05) is 47.5 Å². The van der Waals surface area contributed by atoms with Crippen molar-refractivity contribution in [2.24, 2.45) is 0 Å². The van der Waals surface area contributed by atoms with E-state index >= 15 is 0 Å². The van der Waals surface area contributed by atoms with E-state index in [2.05, 4.69) is 34.8 Å². The maximum atomic E-state index is 13.4. The number of aryl methyl sites for hydroxylation is 1. The highest BCUT2D eigenvalue weighted by Gasteiger charge is 2.28. The normalized spacial score (nSPS) is 15.7. The van der Waals surface area contributed by atoms with Crippen LogP contribution >= 0.6 is 11.6 Å². The van der Waals surface area contributed by atoms with Gasteiger partial charge in [0.1, 0.15) is 17.5 Å². The summed E-state index contributed by atoms with van der Waals surface area (Å²) in [7, 11) is -7.09. The van der Waals surface area contributed by atoms with E-state index in [1.165, 1.54) is 12.1 Å². The number of pyridine rings is 1. The second-order valence-electron chi connectivity index (χ2n) is 18.3. The number of carbonyl (C=O) groups excluding carboxylic acids is 2. The summed E-state index contributed by atoms with van der Waals surface area (Å²) in [5.41, 5.74) is 6.36. The molecule has 18 nitrogen and oxygen atoms in total. The first-order valence-electron chi connectivity index (χ1n) is 24.3. The number of anilines is 4. The van der Waals surface area contributed by atoms with Gasteiger partial charge in [-0.15, -0.1) is 0 Å². The summed E-state index contributed by atoms with van der Waals surface area (Å²) >= 11 is 6.34. The number of rotatable bonds is 20. The van der Waals surface area contributed by atoms with Crippen molar-refractivity contribution in [3.05, 3.63) is 119 Å². The van der Waals surface area contributed by atoms with Crippen molar-refractivity contribution < 1.29 is 31.2 Å². The Morgan fingerprint density at radius 1 is 0.750 bits per heavy atom. The SMILES string of the molecule is CCS(=O)(=O)N1CCN(c2ccc(Cc3ncc(C(=O)CCCOCCC(=O)N4CCN(c5cnc6ccc(-c7cnc(Cl)c(NS(=O)(=O)c8ccc(C)cc8)c7)cc6n5)CC4)c(NC4CC4)n3)cc2)CC1. The smallest absolute Gasteiger partial charge is 0.261 e. The molecule has 3 fully saturated rings. The Morgan fingerprint density at radius 2 is 1.49 bits per heavy atom. The van der Waals surface area contributed by atoms with Crippen LogP contribution < -0.4 is 19.8 Å². The van der Waals surface area contributed by atoms with Crippen LogP contribution in [0.1, 0.15) is 66.3 Å². The molecule has 0 bridgehead atoms. The van der Waals surface area contributed by atoms with E-state index < -0.39 is 20.0 Å². The Kier molecular flexibility index (Phi) is 15.6. The number of amides is 1. The van der Waals surface area contributed by atoms with Gasteiger partial charge >= 0.3 is 0 Å². The largest absolute Gasteiger partial charge is 0.381 e. The van der Waals surface area contributed by atoms with E-state index in [0.29, 0.717) is 111 Å². The van der Waals surface area contributed by atoms with Gasteiger partial charge < -0.3 is 24.8 Å². The molecule has 21 heteroatoms. The number of ketones is 1. The summed E-state index contributed by atoms with van der Waals surface area (Å²) in [5.74, 6) is 1.90. The maximum Gasteiger partial charge on any atom is 0.261 e. The number of piperazine rings is 2. The molecule has 0 spiro atoms. The molecule has 3 aliphatic rings. The number of nitrogens with one attached hydrogen (secondary N) is 2. The van der Waals surface area contributed by atoms with Crippen molar-refractivity contribution in [1.82, 2.24) is 34.1 Å². The molecule has 378 valence electrons. The van der Waals surface area contributed by atoms with Crippen LogP contribution in [-0.4, -0.2) is 140 Å². The first-order valence-corrected chi connectivity index (χ1v) is 27.8.